The molecule has 3 unspecified atom stereocenters. The van der Waals surface area contributed by atoms with Crippen molar-refractivity contribution >= 4 is 28.3 Å². The van der Waals surface area contributed by atoms with E-state index < -0.39 is 16.1 Å². The highest BCUT2D eigenvalue weighted by atomic mass is 35.5. The van der Waals surface area contributed by atoms with Crippen molar-refractivity contribution in [2.45, 2.75) is 32.4 Å². The molecule has 3 atom stereocenters. The smallest absolute Gasteiger partial charge is 0.238 e. The van der Waals surface area contributed by atoms with Crippen LogP contribution in [-0.2, 0) is 14.8 Å². The Balaban J connectivity index is 0.00000289. The van der Waals surface area contributed by atoms with E-state index in [0.29, 0.717) is 5.92 Å². The average Bonchev–Trinajstić information content (AvgIpc) is 2.18. The van der Waals surface area contributed by atoms with Gasteiger partial charge in [-0.15, -0.1) is 12.4 Å². The van der Waals surface area contributed by atoms with Gasteiger partial charge < -0.3 is 10.6 Å². The topological polar surface area (TPSA) is 87.3 Å². The summed E-state index contributed by atoms with van der Waals surface area (Å²) < 4.78 is 24.3. The SMILES string of the molecule is CC(NS(C)(=O)=O)C(=O)NC1CNCCC1C.Cl. The van der Waals surface area contributed by atoms with Crippen molar-refractivity contribution in [2.75, 3.05) is 19.3 Å². The molecule has 3 N–H and O–H groups in total. The number of halogens is 1. The number of hydrogen-bond donors (Lipinski definition) is 3. The Morgan fingerprint density at radius 2 is 2.06 bits per heavy atom. The molecule has 0 aliphatic carbocycles. The van der Waals surface area contributed by atoms with Crippen LogP contribution in [0.1, 0.15) is 20.3 Å². The maximum atomic E-state index is 11.8. The van der Waals surface area contributed by atoms with Crippen LogP contribution < -0.4 is 15.4 Å². The molecule has 0 saturated carbocycles. The largest absolute Gasteiger partial charge is 0.350 e. The van der Waals surface area contributed by atoms with Gasteiger partial charge >= 0.3 is 0 Å². The zero-order valence-corrected chi connectivity index (χ0v) is 12.5. The average molecular weight is 300 g/mol. The van der Waals surface area contributed by atoms with Crippen LogP contribution in [0.3, 0.4) is 0 Å². The van der Waals surface area contributed by atoms with Gasteiger partial charge in [-0.05, 0) is 25.8 Å². The molecule has 6 nitrogen and oxygen atoms in total. The first-order chi connectivity index (χ1) is 7.79. The summed E-state index contributed by atoms with van der Waals surface area (Å²) in [6.07, 6.45) is 2.06. The Labute approximate surface area is 115 Å². The summed E-state index contributed by atoms with van der Waals surface area (Å²) in [7, 11) is -3.35. The van der Waals surface area contributed by atoms with E-state index in [1.807, 2.05) is 0 Å². The molecule has 0 radical (unpaired) electrons. The lowest BCUT2D eigenvalue weighted by atomic mass is 9.94. The normalized spacial score (nSPS) is 25.9. The maximum absolute atomic E-state index is 11.8. The molecule has 0 spiro atoms. The Kier molecular flexibility index (Phi) is 7.13. The van der Waals surface area contributed by atoms with Gasteiger partial charge in [-0.1, -0.05) is 6.92 Å². The zero-order chi connectivity index (χ0) is 13.1. The minimum atomic E-state index is -3.35. The van der Waals surface area contributed by atoms with Crippen LogP contribution in [0, 0.1) is 5.92 Å². The third-order valence-corrected chi connectivity index (χ3v) is 3.72. The van der Waals surface area contributed by atoms with Gasteiger partial charge in [0.05, 0.1) is 12.3 Å². The number of amides is 1. The molecule has 108 valence electrons. The number of carbonyl (C=O) groups excluding carboxylic acids is 1. The van der Waals surface area contributed by atoms with E-state index in [4.69, 9.17) is 0 Å². The van der Waals surface area contributed by atoms with Crippen LogP contribution in [0.4, 0.5) is 0 Å². The summed E-state index contributed by atoms with van der Waals surface area (Å²) in [5.74, 6) is 0.126. The predicted molar refractivity (Wildman–Crippen MR) is 73.3 cm³/mol. The van der Waals surface area contributed by atoms with Crippen molar-refractivity contribution in [3.63, 3.8) is 0 Å². The van der Waals surface area contributed by atoms with Crippen LogP contribution in [0.25, 0.3) is 0 Å². The summed E-state index contributed by atoms with van der Waals surface area (Å²) in [6, 6.07) is -0.667. The lowest BCUT2D eigenvalue weighted by molar-refractivity contribution is -0.123. The van der Waals surface area contributed by atoms with Crippen LogP contribution in [-0.4, -0.2) is 45.8 Å². The van der Waals surface area contributed by atoms with E-state index in [2.05, 4.69) is 22.3 Å². The fourth-order valence-corrected chi connectivity index (χ4v) is 2.61. The monoisotopic (exact) mass is 299 g/mol. The maximum Gasteiger partial charge on any atom is 0.238 e. The van der Waals surface area contributed by atoms with E-state index >= 15 is 0 Å². The third kappa shape index (κ3) is 5.99. The highest BCUT2D eigenvalue weighted by Crippen LogP contribution is 2.11. The van der Waals surface area contributed by atoms with Crippen LogP contribution in [0.15, 0.2) is 0 Å². The van der Waals surface area contributed by atoms with Crippen molar-refractivity contribution in [3.8, 4) is 0 Å². The first-order valence-electron chi connectivity index (χ1n) is 5.78. The number of rotatable bonds is 4. The number of nitrogens with one attached hydrogen (secondary N) is 3. The first-order valence-corrected chi connectivity index (χ1v) is 7.67. The molecular formula is C10H22ClN3O3S. The minimum Gasteiger partial charge on any atom is -0.350 e. The van der Waals surface area contributed by atoms with Gasteiger partial charge in [-0.25, -0.2) is 13.1 Å². The molecule has 1 saturated heterocycles. The predicted octanol–water partition coefficient (Wildman–Crippen LogP) is -0.540. The van der Waals surface area contributed by atoms with Crippen LogP contribution in [0.5, 0.6) is 0 Å². The number of sulfonamides is 1. The second kappa shape index (κ2) is 7.28. The standard InChI is InChI=1S/C10H21N3O3S.ClH/c1-7-4-5-11-6-9(7)12-10(14)8(2)13-17(3,15)16;/h7-9,11,13H,4-6H2,1-3H3,(H,12,14);1H. The second-order valence-corrected chi connectivity index (χ2v) is 6.48. The summed E-state index contributed by atoms with van der Waals surface area (Å²) in [5.41, 5.74) is 0. The summed E-state index contributed by atoms with van der Waals surface area (Å²) in [5, 5.41) is 6.07. The van der Waals surface area contributed by atoms with E-state index in [1.54, 1.807) is 0 Å². The molecule has 1 heterocycles. The first kappa shape index (κ1) is 17.6. The van der Waals surface area contributed by atoms with Gasteiger partial charge in [-0.2, -0.15) is 0 Å². The molecule has 1 fully saturated rings. The fraction of sp³-hybridized carbons (Fsp3) is 0.900. The van der Waals surface area contributed by atoms with E-state index in [1.165, 1.54) is 6.92 Å². The molecule has 18 heavy (non-hydrogen) atoms. The molecule has 1 rings (SSSR count). The molecule has 0 aromatic rings. The molecule has 1 aliphatic rings. The molecule has 1 amide bonds. The fourth-order valence-electron chi connectivity index (χ4n) is 1.87. The van der Waals surface area contributed by atoms with Gasteiger partial charge in [-0.3, -0.25) is 4.79 Å². The van der Waals surface area contributed by atoms with Crippen molar-refractivity contribution in [3.05, 3.63) is 0 Å². The molecule has 0 aromatic heterocycles. The second-order valence-electron chi connectivity index (χ2n) is 4.70. The van der Waals surface area contributed by atoms with E-state index in [0.717, 1.165) is 25.8 Å². The number of piperidine rings is 1. The van der Waals surface area contributed by atoms with Crippen molar-refractivity contribution < 1.29 is 13.2 Å². The molecule has 1 aliphatic heterocycles. The quantitative estimate of drug-likeness (QED) is 0.651. The highest BCUT2D eigenvalue weighted by molar-refractivity contribution is 7.88. The molecule has 8 heteroatoms. The molecule has 0 bridgehead atoms. The lowest BCUT2D eigenvalue weighted by Crippen LogP contribution is -2.54. The van der Waals surface area contributed by atoms with Crippen LogP contribution in [0.2, 0.25) is 0 Å². The zero-order valence-electron chi connectivity index (χ0n) is 10.9. The summed E-state index contributed by atoms with van der Waals surface area (Å²) in [6.45, 7) is 5.32. The Morgan fingerprint density at radius 3 is 2.56 bits per heavy atom. The summed E-state index contributed by atoms with van der Waals surface area (Å²) in [4.78, 5) is 11.8. The van der Waals surface area contributed by atoms with Crippen LogP contribution >= 0.6 is 12.4 Å². The van der Waals surface area contributed by atoms with Crippen molar-refractivity contribution in [1.29, 1.82) is 0 Å². The van der Waals surface area contributed by atoms with Gasteiger partial charge in [0.25, 0.3) is 0 Å². The number of carbonyl (C=O) groups is 1. The van der Waals surface area contributed by atoms with Crippen molar-refractivity contribution in [1.82, 2.24) is 15.4 Å². The third-order valence-electron chi connectivity index (χ3n) is 2.94. The van der Waals surface area contributed by atoms with Gasteiger partial charge in [0.2, 0.25) is 15.9 Å². The van der Waals surface area contributed by atoms with Gasteiger partial charge in [0.15, 0.2) is 0 Å². The van der Waals surface area contributed by atoms with Gasteiger partial charge in [0.1, 0.15) is 0 Å². The molecular weight excluding hydrogens is 278 g/mol. The van der Waals surface area contributed by atoms with E-state index in [9.17, 15) is 13.2 Å². The highest BCUT2D eigenvalue weighted by Gasteiger charge is 2.25. The minimum absolute atomic E-state index is 0. The number of hydrogen-bond acceptors (Lipinski definition) is 4. The Hall–Kier alpha value is -0.370. The lowest BCUT2D eigenvalue weighted by Gasteiger charge is -2.31. The Bertz CT molecular complexity index is 375. The van der Waals surface area contributed by atoms with Crippen molar-refractivity contribution in [2.24, 2.45) is 5.92 Å². The Morgan fingerprint density at radius 1 is 1.44 bits per heavy atom. The molecule has 0 aromatic carbocycles. The van der Waals surface area contributed by atoms with Gasteiger partial charge in [0, 0.05) is 12.6 Å². The summed E-state index contributed by atoms with van der Waals surface area (Å²) >= 11 is 0. The van der Waals surface area contributed by atoms with E-state index in [-0.39, 0.29) is 24.4 Å².